The number of thioether (sulfide) groups is 1. The lowest BCUT2D eigenvalue weighted by Gasteiger charge is -2.21. The van der Waals surface area contributed by atoms with Gasteiger partial charge in [0.1, 0.15) is 0 Å². The monoisotopic (exact) mass is 311 g/mol. The molecule has 6 heteroatoms. The lowest BCUT2D eigenvalue weighted by atomic mass is 10.0. The van der Waals surface area contributed by atoms with Gasteiger partial charge >= 0.3 is 0 Å². The first-order chi connectivity index (χ1) is 9.95. The van der Waals surface area contributed by atoms with Crippen molar-refractivity contribution in [1.82, 2.24) is 15.1 Å². The second-order valence-electron chi connectivity index (χ2n) is 6.14. The van der Waals surface area contributed by atoms with Crippen LogP contribution in [-0.2, 0) is 13.0 Å². The van der Waals surface area contributed by atoms with Crippen LogP contribution in [0.25, 0.3) is 0 Å². The molecule has 1 unspecified atom stereocenters. The Hall–Kier alpha value is -1.01. The van der Waals surface area contributed by atoms with E-state index in [4.69, 9.17) is 0 Å². The standard InChI is InChI=1S/C15H25N3O2S/c1-4-13-12(7-17-18(13)8-11(2)3)14(19)16-9-15(20)5-6-21-10-15/h7,11,20H,4-6,8-10H2,1-3H3,(H,16,19). The van der Waals surface area contributed by atoms with E-state index < -0.39 is 5.60 Å². The molecule has 1 aliphatic heterocycles. The molecule has 1 saturated heterocycles. The van der Waals surface area contributed by atoms with Crippen molar-refractivity contribution in [2.75, 3.05) is 18.1 Å². The molecule has 0 aliphatic carbocycles. The molecular weight excluding hydrogens is 286 g/mol. The molecule has 5 nitrogen and oxygen atoms in total. The van der Waals surface area contributed by atoms with E-state index in [0.717, 1.165) is 30.8 Å². The summed E-state index contributed by atoms with van der Waals surface area (Å²) in [6, 6.07) is 0. The normalized spacial score (nSPS) is 22.0. The Morgan fingerprint density at radius 1 is 1.62 bits per heavy atom. The van der Waals surface area contributed by atoms with Gasteiger partial charge < -0.3 is 10.4 Å². The molecule has 0 saturated carbocycles. The number of rotatable bonds is 6. The summed E-state index contributed by atoms with van der Waals surface area (Å²) >= 11 is 1.73. The maximum atomic E-state index is 12.3. The molecule has 1 fully saturated rings. The van der Waals surface area contributed by atoms with E-state index >= 15 is 0 Å². The summed E-state index contributed by atoms with van der Waals surface area (Å²) < 4.78 is 1.92. The topological polar surface area (TPSA) is 67.2 Å². The molecule has 0 bridgehead atoms. The Kier molecular flexibility index (Phi) is 5.32. The van der Waals surface area contributed by atoms with Crippen molar-refractivity contribution in [3.8, 4) is 0 Å². The Balaban J connectivity index is 2.03. The number of amides is 1. The van der Waals surface area contributed by atoms with Gasteiger partial charge in [0.15, 0.2) is 0 Å². The van der Waals surface area contributed by atoms with Crippen LogP contribution in [0, 0.1) is 5.92 Å². The van der Waals surface area contributed by atoms with Crippen molar-refractivity contribution in [3.63, 3.8) is 0 Å². The summed E-state index contributed by atoms with van der Waals surface area (Å²) in [6.45, 7) is 7.43. The zero-order valence-electron chi connectivity index (χ0n) is 13.1. The fourth-order valence-corrected chi connectivity index (χ4v) is 3.85. The van der Waals surface area contributed by atoms with Gasteiger partial charge in [-0.05, 0) is 24.5 Å². The van der Waals surface area contributed by atoms with Crippen LogP contribution in [0.2, 0.25) is 0 Å². The van der Waals surface area contributed by atoms with Crippen molar-refractivity contribution in [2.24, 2.45) is 5.92 Å². The van der Waals surface area contributed by atoms with E-state index in [1.54, 1.807) is 18.0 Å². The van der Waals surface area contributed by atoms with Crippen LogP contribution >= 0.6 is 11.8 Å². The zero-order chi connectivity index (χ0) is 15.5. The number of nitrogens with zero attached hydrogens (tertiary/aromatic N) is 2. The summed E-state index contributed by atoms with van der Waals surface area (Å²) in [5.74, 6) is 2.01. The molecule has 21 heavy (non-hydrogen) atoms. The molecular formula is C15H25N3O2S. The van der Waals surface area contributed by atoms with Crippen molar-refractivity contribution in [1.29, 1.82) is 0 Å². The van der Waals surface area contributed by atoms with Crippen molar-refractivity contribution < 1.29 is 9.90 Å². The predicted molar refractivity (Wildman–Crippen MR) is 85.7 cm³/mol. The molecule has 1 atom stereocenters. The van der Waals surface area contributed by atoms with Crippen LogP contribution in [0.4, 0.5) is 0 Å². The van der Waals surface area contributed by atoms with Gasteiger partial charge in [0, 0.05) is 18.8 Å². The number of hydrogen-bond acceptors (Lipinski definition) is 4. The van der Waals surface area contributed by atoms with Crippen LogP contribution in [0.15, 0.2) is 6.20 Å². The van der Waals surface area contributed by atoms with E-state index in [1.165, 1.54) is 0 Å². The van der Waals surface area contributed by atoms with E-state index in [2.05, 4.69) is 24.3 Å². The Morgan fingerprint density at radius 2 is 2.38 bits per heavy atom. The Morgan fingerprint density at radius 3 is 2.95 bits per heavy atom. The summed E-state index contributed by atoms with van der Waals surface area (Å²) in [4.78, 5) is 12.3. The minimum absolute atomic E-state index is 0.132. The molecule has 0 spiro atoms. The number of nitrogens with one attached hydrogen (secondary N) is 1. The zero-order valence-corrected chi connectivity index (χ0v) is 13.9. The molecule has 1 aromatic rings. The van der Waals surface area contributed by atoms with Crippen LogP contribution in [0.3, 0.4) is 0 Å². The van der Waals surface area contributed by atoms with Gasteiger partial charge in [0.2, 0.25) is 0 Å². The number of carbonyl (C=O) groups is 1. The van der Waals surface area contributed by atoms with Gasteiger partial charge in [0.25, 0.3) is 5.91 Å². The molecule has 2 N–H and O–H groups in total. The number of carbonyl (C=O) groups excluding carboxylic acids is 1. The third-order valence-corrected chi connectivity index (χ3v) is 4.96. The molecule has 2 rings (SSSR count). The van der Waals surface area contributed by atoms with E-state index in [0.29, 0.717) is 23.8 Å². The molecule has 2 heterocycles. The fourth-order valence-electron chi connectivity index (χ4n) is 2.55. The van der Waals surface area contributed by atoms with Crippen molar-refractivity contribution in [3.05, 3.63) is 17.5 Å². The minimum Gasteiger partial charge on any atom is -0.387 e. The van der Waals surface area contributed by atoms with Gasteiger partial charge in [-0.1, -0.05) is 20.8 Å². The summed E-state index contributed by atoms with van der Waals surface area (Å²) in [5.41, 5.74) is 0.849. The largest absolute Gasteiger partial charge is 0.387 e. The van der Waals surface area contributed by atoms with E-state index in [9.17, 15) is 9.90 Å². The van der Waals surface area contributed by atoms with Gasteiger partial charge in [-0.15, -0.1) is 0 Å². The second kappa shape index (κ2) is 6.83. The fraction of sp³-hybridized carbons (Fsp3) is 0.733. The Labute approximate surface area is 130 Å². The highest BCUT2D eigenvalue weighted by Crippen LogP contribution is 2.27. The van der Waals surface area contributed by atoms with Gasteiger partial charge in [-0.2, -0.15) is 16.9 Å². The first kappa shape index (κ1) is 16.4. The predicted octanol–water partition coefficient (Wildman–Crippen LogP) is 1.70. The summed E-state index contributed by atoms with van der Waals surface area (Å²) in [5, 5.41) is 17.5. The summed E-state index contributed by atoms with van der Waals surface area (Å²) in [6.07, 6.45) is 3.16. The molecule has 1 aromatic heterocycles. The maximum Gasteiger partial charge on any atom is 0.254 e. The van der Waals surface area contributed by atoms with Crippen molar-refractivity contribution in [2.45, 2.75) is 45.8 Å². The quantitative estimate of drug-likeness (QED) is 0.839. The third kappa shape index (κ3) is 4.01. The third-order valence-electron chi connectivity index (χ3n) is 3.73. The first-order valence-electron chi connectivity index (χ1n) is 7.58. The SMILES string of the molecule is CCc1c(C(=O)NCC2(O)CCSC2)cnn1CC(C)C. The number of aromatic nitrogens is 2. The van der Waals surface area contributed by atoms with Crippen LogP contribution in [-0.4, -0.2) is 44.4 Å². The molecule has 1 aliphatic rings. The Bertz CT molecular complexity index is 493. The number of aliphatic hydroxyl groups is 1. The van der Waals surface area contributed by atoms with Crippen LogP contribution in [0.1, 0.15) is 43.2 Å². The number of hydrogen-bond donors (Lipinski definition) is 2. The van der Waals surface area contributed by atoms with Gasteiger partial charge in [-0.25, -0.2) is 0 Å². The lowest BCUT2D eigenvalue weighted by molar-refractivity contribution is 0.0612. The van der Waals surface area contributed by atoms with E-state index in [-0.39, 0.29) is 5.91 Å². The molecule has 1 amide bonds. The highest BCUT2D eigenvalue weighted by Gasteiger charge is 2.32. The van der Waals surface area contributed by atoms with Gasteiger partial charge in [-0.3, -0.25) is 9.48 Å². The summed E-state index contributed by atoms with van der Waals surface area (Å²) in [7, 11) is 0. The highest BCUT2D eigenvalue weighted by molar-refractivity contribution is 7.99. The molecule has 118 valence electrons. The minimum atomic E-state index is -0.749. The second-order valence-corrected chi connectivity index (χ2v) is 7.25. The lowest BCUT2D eigenvalue weighted by Crippen LogP contribution is -2.43. The molecule has 0 radical (unpaired) electrons. The van der Waals surface area contributed by atoms with Crippen LogP contribution in [0.5, 0.6) is 0 Å². The smallest absolute Gasteiger partial charge is 0.254 e. The first-order valence-corrected chi connectivity index (χ1v) is 8.73. The maximum absolute atomic E-state index is 12.3. The van der Waals surface area contributed by atoms with Gasteiger partial charge in [0.05, 0.1) is 23.1 Å². The van der Waals surface area contributed by atoms with Crippen molar-refractivity contribution >= 4 is 17.7 Å². The average molecular weight is 311 g/mol. The van der Waals surface area contributed by atoms with Crippen LogP contribution < -0.4 is 5.32 Å². The average Bonchev–Trinajstić information content (AvgIpc) is 3.02. The van der Waals surface area contributed by atoms with E-state index in [1.807, 2.05) is 11.6 Å². The molecule has 0 aromatic carbocycles. The highest BCUT2D eigenvalue weighted by atomic mass is 32.2.